The number of nitrogens with zero attached hydrogens (tertiary/aromatic N) is 4. The van der Waals surface area contributed by atoms with E-state index in [1.807, 2.05) is 24.4 Å². The lowest BCUT2D eigenvalue weighted by atomic mass is 9.79. The van der Waals surface area contributed by atoms with Gasteiger partial charge >= 0.3 is 0 Å². The van der Waals surface area contributed by atoms with E-state index in [1.165, 1.54) is 11.7 Å². The Hall–Kier alpha value is -2.18. The molecule has 0 amide bonds. The molecule has 3 N–H and O–H groups in total. The fourth-order valence-electron chi connectivity index (χ4n) is 4.07. The summed E-state index contributed by atoms with van der Waals surface area (Å²) in [5.41, 5.74) is 5.54. The summed E-state index contributed by atoms with van der Waals surface area (Å²) >= 11 is 1.21. The third-order valence-corrected chi connectivity index (χ3v) is 5.86. The SMILES string of the molecule is Cl.Cl.N#CC1=C(C2CCNCC2)Nc2[nH]ncc2C1c1cccc2nsnc12. The predicted octanol–water partition coefficient (Wildman–Crippen LogP) is 3.59. The van der Waals surface area contributed by atoms with Crippen LogP contribution < -0.4 is 10.6 Å². The van der Waals surface area contributed by atoms with E-state index < -0.39 is 0 Å². The Balaban J connectivity index is 0.00000112. The molecule has 0 spiro atoms. The van der Waals surface area contributed by atoms with Gasteiger partial charge in [0.2, 0.25) is 0 Å². The molecule has 0 aliphatic carbocycles. The van der Waals surface area contributed by atoms with E-state index in [4.69, 9.17) is 0 Å². The van der Waals surface area contributed by atoms with Gasteiger partial charge in [0.25, 0.3) is 0 Å². The summed E-state index contributed by atoms with van der Waals surface area (Å²) in [6, 6.07) is 8.49. The van der Waals surface area contributed by atoms with Crippen LogP contribution in [-0.4, -0.2) is 32.0 Å². The van der Waals surface area contributed by atoms with Gasteiger partial charge in [0.15, 0.2) is 0 Å². The molecule has 0 saturated carbocycles. The van der Waals surface area contributed by atoms with Crippen LogP contribution in [0.15, 0.2) is 35.7 Å². The highest BCUT2D eigenvalue weighted by molar-refractivity contribution is 7.00. The standard InChI is InChI=1S/C18H17N7S.2ClH/c19-8-12-15(11-2-1-3-14-17(11)25-26-24-14)13-9-21-23-18(13)22-16(12)10-4-6-20-7-5-10;;/h1-3,9-10,15,20H,4-7H2,(H2,21,22,23);2*1H. The van der Waals surface area contributed by atoms with Gasteiger partial charge in [-0.25, -0.2) is 0 Å². The number of fused-ring (bicyclic) bond motifs is 2. The van der Waals surface area contributed by atoms with Crippen molar-refractivity contribution in [3.8, 4) is 6.07 Å². The van der Waals surface area contributed by atoms with Crippen molar-refractivity contribution in [3.05, 3.63) is 46.8 Å². The summed E-state index contributed by atoms with van der Waals surface area (Å²) < 4.78 is 8.86. The van der Waals surface area contributed by atoms with Crippen molar-refractivity contribution in [1.82, 2.24) is 24.3 Å². The zero-order valence-electron chi connectivity index (χ0n) is 14.8. The summed E-state index contributed by atoms with van der Waals surface area (Å²) in [6.07, 6.45) is 3.85. The van der Waals surface area contributed by atoms with E-state index in [0.717, 1.165) is 65.2 Å². The molecule has 1 unspecified atom stereocenters. The molecule has 3 aromatic rings. The molecule has 0 bridgehead atoms. The van der Waals surface area contributed by atoms with Crippen LogP contribution in [0.4, 0.5) is 5.82 Å². The molecule has 7 nitrogen and oxygen atoms in total. The van der Waals surface area contributed by atoms with Gasteiger partial charge in [-0.15, -0.1) is 24.8 Å². The maximum atomic E-state index is 10.1. The average molecular weight is 436 g/mol. The first-order chi connectivity index (χ1) is 12.9. The molecule has 1 saturated heterocycles. The number of halogens is 2. The van der Waals surface area contributed by atoms with Crippen molar-refractivity contribution >= 4 is 53.4 Å². The average Bonchev–Trinajstić information content (AvgIpc) is 3.36. The Morgan fingerprint density at radius 3 is 2.71 bits per heavy atom. The maximum Gasteiger partial charge on any atom is 0.129 e. The Morgan fingerprint density at radius 2 is 1.93 bits per heavy atom. The number of allylic oxidation sites excluding steroid dienone is 2. The van der Waals surface area contributed by atoms with Crippen molar-refractivity contribution in [3.63, 3.8) is 0 Å². The third kappa shape index (κ3) is 3.25. The number of piperidine rings is 1. The Kier molecular flexibility index (Phi) is 6.20. The number of benzene rings is 1. The first kappa shape index (κ1) is 20.6. The molecule has 28 heavy (non-hydrogen) atoms. The van der Waals surface area contributed by atoms with Gasteiger partial charge in [0.05, 0.1) is 35.5 Å². The van der Waals surface area contributed by atoms with Crippen LogP contribution in [0.1, 0.15) is 29.9 Å². The molecule has 146 valence electrons. The van der Waals surface area contributed by atoms with E-state index in [1.54, 1.807) is 0 Å². The molecule has 1 fully saturated rings. The lowest BCUT2D eigenvalue weighted by molar-refractivity contribution is 0.418. The number of hydrogen-bond acceptors (Lipinski definition) is 7. The molecular weight excluding hydrogens is 417 g/mol. The Labute approximate surface area is 178 Å². The van der Waals surface area contributed by atoms with Crippen LogP contribution in [-0.2, 0) is 0 Å². The Morgan fingerprint density at radius 1 is 1.11 bits per heavy atom. The summed E-state index contributed by atoms with van der Waals surface area (Å²) in [7, 11) is 0. The summed E-state index contributed by atoms with van der Waals surface area (Å²) in [5, 5.41) is 24.2. The molecule has 4 heterocycles. The van der Waals surface area contributed by atoms with Crippen LogP contribution in [0.5, 0.6) is 0 Å². The van der Waals surface area contributed by atoms with E-state index in [9.17, 15) is 5.26 Å². The van der Waals surface area contributed by atoms with Crippen LogP contribution in [0.2, 0.25) is 0 Å². The smallest absolute Gasteiger partial charge is 0.129 e. The van der Waals surface area contributed by atoms with Gasteiger partial charge in [-0.1, -0.05) is 12.1 Å². The van der Waals surface area contributed by atoms with E-state index in [-0.39, 0.29) is 30.7 Å². The summed E-state index contributed by atoms with van der Waals surface area (Å²) in [5.74, 6) is 1.05. The zero-order valence-corrected chi connectivity index (χ0v) is 17.3. The largest absolute Gasteiger partial charge is 0.343 e. The van der Waals surface area contributed by atoms with Gasteiger partial charge in [0, 0.05) is 17.2 Å². The molecule has 0 radical (unpaired) electrons. The second-order valence-corrected chi connectivity index (χ2v) is 7.23. The van der Waals surface area contributed by atoms with E-state index in [2.05, 4.69) is 35.6 Å². The lowest BCUT2D eigenvalue weighted by Gasteiger charge is -2.32. The predicted molar refractivity (Wildman–Crippen MR) is 114 cm³/mol. The van der Waals surface area contributed by atoms with Gasteiger partial charge in [-0.05, 0) is 37.6 Å². The van der Waals surface area contributed by atoms with Crippen LogP contribution in [0, 0.1) is 17.2 Å². The second-order valence-electron chi connectivity index (χ2n) is 6.70. The number of H-pyrrole nitrogens is 1. The number of hydrogen-bond donors (Lipinski definition) is 3. The molecule has 5 rings (SSSR count). The van der Waals surface area contributed by atoms with Gasteiger partial charge in [-0.2, -0.15) is 19.1 Å². The van der Waals surface area contributed by atoms with Crippen molar-refractivity contribution in [2.45, 2.75) is 18.8 Å². The molecule has 2 aliphatic heterocycles. The minimum absolute atomic E-state index is 0. The highest BCUT2D eigenvalue weighted by atomic mass is 35.5. The summed E-state index contributed by atoms with van der Waals surface area (Å²) in [4.78, 5) is 0. The zero-order chi connectivity index (χ0) is 17.5. The van der Waals surface area contributed by atoms with Crippen LogP contribution in [0.3, 0.4) is 0 Å². The Bertz CT molecular complexity index is 1050. The van der Waals surface area contributed by atoms with E-state index in [0.29, 0.717) is 5.92 Å². The number of aromatic amines is 1. The minimum atomic E-state index is -0.174. The second kappa shape index (κ2) is 8.45. The maximum absolute atomic E-state index is 10.1. The number of aromatic nitrogens is 4. The van der Waals surface area contributed by atoms with Crippen LogP contribution in [0.25, 0.3) is 11.0 Å². The fraction of sp³-hybridized carbons (Fsp3) is 0.333. The van der Waals surface area contributed by atoms with E-state index >= 15 is 0 Å². The monoisotopic (exact) mass is 435 g/mol. The first-order valence-electron chi connectivity index (χ1n) is 8.73. The lowest BCUT2D eigenvalue weighted by Crippen LogP contribution is -2.32. The number of anilines is 1. The highest BCUT2D eigenvalue weighted by Gasteiger charge is 2.35. The normalized spacial score (nSPS) is 19.2. The van der Waals surface area contributed by atoms with Crippen molar-refractivity contribution in [2.24, 2.45) is 5.92 Å². The molecule has 2 aromatic heterocycles. The number of rotatable bonds is 2. The number of nitriles is 1. The molecular formula is C18H19Cl2N7S. The molecule has 2 aliphatic rings. The van der Waals surface area contributed by atoms with Gasteiger partial charge in [-0.3, -0.25) is 5.10 Å². The van der Waals surface area contributed by atoms with Gasteiger partial charge < -0.3 is 10.6 Å². The fourth-order valence-corrected chi connectivity index (χ4v) is 4.62. The topological polar surface area (TPSA) is 102 Å². The quantitative estimate of drug-likeness (QED) is 0.568. The van der Waals surface area contributed by atoms with Crippen molar-refractivity contribution in [2.75, 3.05) is 18.4 Å². The molecule has 1 aromatic carbocycles. The minimum Gasteiger partial charge on any atom is -0.343 e. The first-order valence-corrected chi connectivity index (χ1v) is 9.46. The van der Waals surface area contributed by atoms with Gasteiger partial charge in [0.1, 0.15) is 16.9 Å². The highest BCUT2D eigenvalue weighted by Crippen LogP contribution is 2.44. The summed E-state index contributed by atoms with van der Waals surface area (Å²) in [6.45, 7) is 1.95. The van der Waals surface area contributed by atoms with Crippen molar-refractivity contribution < 1.29 is 0 Å². The number of nitrogens with one attached hydrogen (secondary N) is 3. The van der Waals surface area contributed by atoms with Crippen LogP contribution >= 0.6 is 36.5 Å². The molecule has 10 heteroatoms. The molecule has 1 atom stereocenters. The van der Waals surface area contributed by atoms with Crippen molar-refractivity contribution in [1.29, 1.82) is 5.26 Å². The third-order valence-electron chi connectivity index (χ3n) is 5.31.